The lowest BCUT2D eigenvalue weighted by atomic mass is 10.0. The summed E-state index contributed by atoms with van der Waals surface area (Å²) in [6.45, 7) is 3.68. The summed E-state index contributed by atoms with van der Waals surface area (Å²) in [7, 11) is 0. The Balaban J connectivity index is 4.47. The van der Waals surface area contributed by atoms with Gasteiger partial charge in [0.15, 0.2) is 0 Å². The van der Waals surface area contributed by atoms with E-state index in [9.17, 15) is 19.2 Å². The highest BCUT2D eigenvalue weighted by molar-refractivity contribution is 5.88. The predicted octanol–water partition coefficient (Wildman–Crippen LogP) is -1.23. The third-order valence-electron chi connectivity index (χ3n) is 2.78. The molecule has 0 radical (unpaired) electrons. The summed E-state index contributed by atoms with van der Waals surface area (Å²) in [6.07, 6.45) is 0.873. The summed E-state index contributed by atoms with van der Waals surface area (Å²) in [5, 5.41) is 16.1. The minimum Gasteiger partial charge on any atom is -0.480 e. The van der Waals surface area contributed by atoms with Crippen LogP contribution in [0.3, 0.4) is 0 Å². The number of carboxylic acid groups (broad SMARTS) is 1. The van der Waals surface area contributed by atoms with Crippen LogP contribution in [-0.4, -0.2) is 48.1 Å². The summed E-state index contributed by atoms with van der Waals surface area (Å²) in [5.41, 5.74) is 4.88. The number of rotatable bonds is 10. The Labute approximate surface area is 122 Å². The van der Waals surface area contributed by atoms with Crippen LogP contribution in [0.5, 0.6) is 0 Å². The largest absolute Gasteiger partial charge is 0.480 e. The van der Waals surface area contributed by atoms with Crippen molar-refractivity contribution in [3.05, 3.63) is 0 Å². The zero-order valence-electron chi connectivity index (χ0n) is 12.1. The molecule has 0 saturated heterocycles. The van der Waals surface area contributed by atoms with Gasteiger partial charge in [-0.05, 0) is 18.8 Å². The van der Waals surface area contributed by atoms with Gasteiger partial charge in [-0.15, -0.1) is 0 Å². The molecule has 0 unspecified atom stereocenters. The second-order valence-corrected chi connectivity index (χ2v) is 4.84. The third-order valence-corrected chi connectivity index (χ3v) is 2.78. The molecular formula is C12H22N4O5. The van der Waals surface area contributed by atoms with Crippen LogP contribution in [0.1, 0.15) is 26.7 Å². The van der Waals surface area contributed by atoms with Gasteiger partial charge in [-0.3, -0.25) is 9.59 Å². The Hall–Kier alpha value is -2.32. The number of amides is 4. The van der Waals surface area contributed by atoms with E-state index in [1.165, 1.54) is 0 Å². The number of hydrogen-bond donors (Lipinski definition) is 5. The second kappa shape index (κ2) is 9.56. The molecule has 4 amide bonds. The van der Waals surface area contributed by atoms with Crippen molar-refractivity contribution in [2.45, 2.75) is 38.8 Å². The first kappa shape index (κ1) is 18.7. The van der Waals surface area contributed by atoms with Gasteiger partial charge in [0.1, 0.15) is 12.1 Å². The molecule has 0 spiro atoms. The van der Waals surface area contributed by atoms with Crippen molar-refractivity contribution in [3.8, 4) is 0 Å². The maximum Gasteiger partial charge on any atom is 0.326 e. The van der Waals surface area contributed by atoms with E-state index in [0.29, 0.717) is 12.8 Å². The lowest BCUT2D eigenvalue weighted by Crippen LogP contribution is -2.52. The molecular weight excluding hydrogens is 280 g/mol. The molecule has 0 bridgehead atoms. The standard InChI is InChI=1S/C12H22N4O5/c1-7(2)9(15-6-17)10(18)16-8(11(19)20)4-3-5-14-12(13)21/h6-9H,3-5H2,1-2H3,(H,15,17)(H,16,18)(H,19,20)(H3,13,14,21)/t8-,9-/m0/s1. The van der Waals surface area contributed by atoms with Gasteiger partial charge in [-0.2, -0.15) is 0 Å². The molecule has 0 heterocycles. The van der Waals surface area contributed by atoms with E-state index in [0.717, 1.165) is 0 Å². The minimum absolute atomic E-state index is 0.132. The smallest absolute Gasteiger partial charge is 0.326 e. The highest BCUT2D eigenvalue weighted by Gasteiger charge is 2.26. The van der Waals surface area contributed by atoms with Gasteiger partial charge in [0.2, 0.25) is 12.3 Å². The molecule has 9 nitrogen and oxygen atoms in total. The maximum absolute atomic E-state index is 11.9. The summed E-state index contributed by atoms with van der Waals surface area (Å²) in [4.78, 5) is 44.0. The number of carboxylic acids is 1. The van der Waals surface area contributed by atoms with Crippen molar-refractivity contribution in [1.82, 2.24) is 16.0 Å². The van der Waals surface area contributed by atoms with Gasteiger partial charge in [0.05, 0.1) is 0 Å². The fourth-order valence-electron chi connectivity index (χ4n) is 1.68. The molecule has 0 fully saturated rings. The lowest BCUT2D eigenvalue weighted by molar-refractivity contribution is -0.142. The summed E-state index contributed by atoms with van der Waals surface area (Å²) in [6, 6.07) is -2.59. The van der Waals surface area contributed by atoms with Crippen molar-refractivity contribution < 1.29 is 24.3 Å². The molecule has 9 heteroatoms. The van der Waals surface area contributed by atoms with Crippen LogP contribution in [0.2, 0.25) is 0 Å². The Bertz CT molecular complexity index is 386. The topological polar surface area (TPSA) is 151 Å². The molecule has 21 heavy (non-hydrogen) atoms. The van der Waals surface area contributed by atoms with E-state index in [2.05, 4.69) is 16.0 Å². The molecule has 0 aliphatic carbocycles. The van der Waals surface area contributed by atoms with Gasteiger partial charge in [0.25, 0.3) is 0 Å². The number of nitrogens with one attached hydrogen (secondary N) is 3. The van der Waals surface area contributed by atoms with Crippen LogP contribution >= 0.6 is 0 Å². The van der Waals surface area contributed by atoms with E-state index in [1.54, 1.807) is 13.8 Å². The molecule has 120 valence electrons. The Kier molecular flexibility index (Phi) is 8.51. The van der Waals surface area contributed by atoms with Crippen molar-refractivity contribution in [2.75, 3.05) is 6.54 Å². The Morgan fingerprint density at radius 2 is 1.90 bits per heavy atom. The average Bonchev–Trinajstić information content (AvgIpc) is 2.38. The summed E-state index contributed by atoms with van der Waals surface area (Å²) < 4.78 is 0. The van der Waals surface area contributed by atoms with Gasteiger partial charge in [-0.1, -0.05) is 13.8 Å². The number of nitrogens with two attached hydrogens (primary N) is 1. The number of hydrogen-bond acceptors (Lipinski definition) is 4. The number of primary amides is 1. The average molecular weight is 302 g/mol. The van der Waals surface area contributed by atoms with Gasteiger partial charge >= 0.3 is 12.0 Å². The first-order valence-corrected chi connectivity index (χ1v) is 6.55. The summed E-state index contributed by atoms with van der Waals surface area (Å²) in [5.74, 6) is -1.93. The normalized spacial score (nSPS) is 13.1. The molecule has 0 saturated carbocycles. The van der Waals surface area contributed by atoms with Gasteiger partial charge < -0.3 is 26.8 Å². The Morgan fingerprint density at radius 3 is 2.33 bits per heavy atom. The number of carbonyl (C=O) groups excluding carboxylic acids is 3. The molecule has 0 aliphatic heterocycles. The van der Waals surface area contributed by atoms with Crippen LogP contribution in [0.25, 0.3) is 0 Å². The van der Waals surface area contributed by atoms with Crippen molar-refractivity contribution >= 4 is 24.3 Å². The first-order chi connectivity index (χ1) is 9.79. The van der Waals surface area contributed by atoms with Crippen LogP contribution in [0.4, 0.5) is 4.79 Å². The monoisotopic (exact) mass is 302 g/mol. The lowest BCUT2D eigenvalue weighted by Gasteiger charge is -2.22. The van der Waals surface area contributed by atoms with E-state index in [-0.39, 0.29) is 18.9 Å². The zero-order chi connectivity index (χ0) is 16.4. The predicted molar refractivity (Wildman–Crippen MR) is 74.2 cm³/mol. The fourth-order valence-corrected chi connectivity index (χ4v) is 1.68. The minimum atomic E-state index is -1.18. The number of urea groups is 1. The summed E-state index contributed by atoms with van der Waals surface area (Å²) >= 11 is 0. The molecule has 6 N–H and O–H groups in total. The number of carbonyl (C=O) groups is 4. The third kappa shape index (κ3) is 7.75. The molecule has 2 atom stereocenters. The van der Waals surface area contributed by atoms with Gasteiger partial charge in [-0.25, -0.2) is 9.59 Å². The number of aliphatic carboxylic acids is 1. The maximum atomic E-state index is 11.9. The van der Waals surface area contributed by atoms with Crippen LogP contribution in [-0.2, 0) is 14.4 Å². The Morgan fingerprint density at radius 1 is 1.29 bits per heavy atom. The zero-order valence-corrected chi connectivity index (χ0v) is 12.1. The van der Waals surface area contributed by atoms with Crippen molar-refractivity contribution in [2.24, 2.45) is 11.7 Å². The van der Waals surface area contributed by atoms with Crippen molar-refractivity contribution in [1.29, 1.82) is 0 Å². The van der Waals surface area contributed by atoms with Crippen LogP contribution in [0, 0.1) is 5.92 Å². The first-order valence-electron chi connectivity index (χ1n) is 6.55. The second-order valence-electron chi connectivity index (χ2n) is 4.84. The highest BCUT2D eigenvalue weighted by Crippen LogP contribution is 2.04. The molecule has 0 rings (SSSR count). The molecule has 0 aliphatic rings. The van der Waals surface area contributed by atoms with E-state index >= 15 is 0 Å². The van der Waals surface area contributed by atoms with Gasteiger partial charge in [0, 0.05) is 6.54 Å². The molecule has 0 aromatic heterocycles. The van der Waals surface area contributed by atoms with Crippen molar-refractivity contribution in [3.63, 3.8) is 0 Å². The van der Waals surface area contributed by atoms with Crippen LogP contribution < -0.4 is 21.7 Å². The quantitative estimate of drug-likeness (QED) is 0.253. The molecule has 0 aromatic rings. The van der Waals surface area contributed by atoms with E-state index in [1.807, 2.05) is 0 Å². The highest BCUT2D eigenvalue weighted by atomic mass is 16.4. The van der Waals surface area contributed by atoms with E-state index < -0.39 is 30.0 Å². The SMILES string of the molecule is CC(C)[C@H](NC=O)C(=O)N[C@@H](CCCNC(N)=O)C(=O)O. The van der Waals surface area contributed by atoms with E-state index in [4.69, 9.17) is 10.8 Å². The molecule has 0 aromatic carbocycles. The van der Waals surface area contributed by atoms with Crippen LogP contribution in [0.15, 0.2) is 0 Å². The fraction of sp³-hybridized carbons (Fsp3) is 0.667.